The Hall–Kier alpha value is -1.91. The minimum atomic E-state index is -0.524. The van der Waals surface area contributed by atoms with Crippen molar-refractivity contribution in [2.24, 2.45) is 0 Å². The fourth-order valence-corrected chi connectivity index (χ4v) is 1.24. The number of nitrogens with one attached hydrogen (secondary N) is 1. The van der Waals surface area contributed by atoms with Crippen LogP contribution in [0, 0.1) is 5.82 Å². The van der Waals surface area contributed by atoms with E-state index < -0.39 is 5.82 Å². The Bertz CT molecular complexity index is 536. The summed E-state index contributed by atoms with van der Waals surface area (Å²) in [5.41, 5.74) is 0.0906. The number of methoxy groups -OCH3 is 1. The molecule has 2 aromatic rings. The Balaban J connectivity index is 2.87. The average Bonchev–Trinajstić information content (AvgIpc) is 2.17. The third-order valence-corrected chi connectivity index (χ3v) is 1.92. The van der Waals surface area contributed by atoms with Crippen molar-refractivity contribution in [3.8, 4) is 5.75 Å². The van der Waals surface area contributed by atoms with Crippen LogP contribution in [0.1, 0.15) is 0 Å². The summed E-state index contributed by atoms with van der Waals surface area (Å²) in [7, 11) is 1.35. The smallest absolute Gasteiger partial charge is 0.208 e. The molecule has 5 heteroatoms. The monoisotopic (exact) mass is 194 g/mol. The van der Waals surface area contributed by atoms with Crippen LogP contribution in [0.4, 0.5) is 4.39 Å². The normalized spacial score (nSPS) is 10.4. The maximum absolute atomic E-state index is 13.2. The molecule has 2 rings (SSSR count). The van der Waals surface area contributed by atoms with Crippen LogP contribution in [0.25, 0.3) is 10.9 Å². The molecule has 1 aromatic carbocycles. The van der Waals surface area contributed by atoms with Crippen LogP contribution in [0.15, 0.2) is 23.1 Å². The summed E-state index contributed by atoms with van der Waals surface area (Å²) in [6, 6.07) is 2.54. The van der Waals surface area contributed by atoms with Gasteiger partial charge in [-0.1, -0.05) is 0 Å². The van der Waals surface area contributed by atoms with Crippen molar-refractivity contribution in [1.82, 2.24) is 10.2 Å². The van der Waals surface area contributed by atoms with Crippen LogP contribution >= 0.6 is 0 Å². The molecule has 0 unspecified atom stereocenters. The number of rotatable bonds is 1. The molecule has 0 spiro atoms. The number of H-pyrrole nitrogens is 1. The first-order chi connectivity index (χ1) is 6.72. The van der Waals surface area contributed by atoms with Crippen molar-refractivity contribution in [2.45, 2.75) is 0 Å². The Morgan fingerprint density at radius 3 is 3.00 bits per heavy atom. The van der Waals surface area contributed by atoms with Crippen LogP contribution in [0.5, 0.6) is 5.75 Å². The molecule has 0 saturated heterocycles. The van der Waals surface area contributed by atoms with Gasteiger partial charge in [0.05, 0.1) is 24.2 Å². The molecule has 0 bridgehead atoms. The molecule has 1 N–H and O–H groups in total. The van der Waals surface area contributed by atoms with E-state index in [1.165, 1.54) is 19.2 Å². The second-order valence-corrected chi connectivity index (χ2v) is 2.77. The highest BCUT2D eigenvalue weighted by Crippen LogP contribution is 2.20. The number of hydrogen-bond acceptors (Lipinski definition) is 3. The fourth-order valence-electron chi connectivity index (χ4n) is 1.24. The predicted molar refractivity (Wildman–Crippen MR) is 48.9 cm³/mol. The molecule has 0 aliphatic carbocycles. The molecule has 72 valence electrons. The SMILES string of the molecule is COc1cc2c(=O)cn[nH]c2cc1F. The maximum atomic E-state index is 13.2. The number of aromatic amines is 1. The molecule has 4 nitrogen and oxygen atoms in total. The quantitative estimate of drug-likeness (QED) is 0.738. The maximum Gasteiger partial charge on any atom is 0.208 e. The highest BCUT2D eigenvalue weighted by molar-refractivity contribution is 5.79. The van der Waals surface area contributed by atoms with E-state index in [1.54, 1.807) is 0 Å². The van der Waals surface area contributed by atoms with E-state index in [0.717, 1.165) is 6.20 Å². The van der Waals surface area contributed by atoms with Crippen LogP contribution < -0.4 is 10.2 Å². The second-order valence-electron chi connectivity index (χ2n) is 2.77. The molecule has 1 heterocycles. The summed E-state index contributed by atoms with van der Waals surface area (Å²) in [6.45, 7) is 0. The zero-order chi connectivity index (χ0) is 10.1. The van der Waals surface area contributed by atoms with E-state index in [9.17, 15) is 9.18 Å². The van der Waals surface area contributed by atoms with E-state index in [0.29, 0.717) is 10.9 Å². The van der Waals surface area contributed by atoms with E-state index in [2.05, 4.69) is 10.2 Å². The fraction of sp³-hybridized carbons (Fsp3) is 0.111. The Morgan fingerprint density at radius 2 is 2.29 bits per heavy atom. The molecule has 14 heavy (non-hydrogen) atoms. The molecular formula is C9H7FN2O2. The summed E-state index contributed by atoms with van der Waals surface area (Å²) >= 11 is 0. The summed E-state index contributed by atoms with van der Waals surface area (Å²) in [5.74, 6) is -0.474. The van der Waals surface area contributed by atoms with Gasteiger partial charge in [0.15, 0.2) is 11.6 Å². The molecule has 0 amide bonds. The lowest BCUT2D eigenvalue weighted by Crippen LogP contribution is -2.03. The second kappa shape index (κ2) is 3.10. The topological polar surface area (TPSA) is 55.0 Å². The molecule has 0 fully saturated rings. The van der Waals surface area contributed by atoms with E-state index >= 15 is 0 Å². The molecule has 0 aliphatic rings. The number of ether oxygens (including phenoxy) is 1. The number of fused-ring (bicyclic) bond motifs is 1. The number of benzene rings is 1. The molecule has 0 atom stereocenters. The lowest BCUT2D eigenvalue weighted by atomic mass is 10.2. The predicted octanol–water partition coefficient (Wildman–Crippen LogP) is 1.07. The van der Waals surface area contributed by atoms with Gasteiger partial charge in [-0.15, -0.1) is 0 Å². The summed E-state index contributed by atoms with van der Waals surface area (Å²) < 4.78 is 17.9. The standard InChI is InChI=1S/C9H7FN2O2/c1-14-9-2-5-7(3-6(9)10)12-11-4-8(5)13/h2-4H,1H3,(H,12,13). The van der Waals surface area contributed by atoms with Crippen LogP contribution in [0.2, 0.25) is 0 Å². The summed E-state index contributed by atoms with van der Waals surface area (Å²) in [4.78, 5) is 11.3. The zero-order valence-corrected chi connectivity index (χ0v) is 7.37. The van der Waals surface area contributed by atoms with Crippen molar-refractivity contribution in [3.05, 3.63) is 34.4 Å². The van der Waals surface area contributed by atoms with Gasteiger partial charge in [0.2, 0.25) is 5.43 Å². The zero-order valence-electron chi connectivity index (χ0n) is 7.37. The number of nitrogens with zero attached hydrogens (tertiary/aromatic N) is 1. The van der Waals surface area contributed by atoms with Gasteiger partial charge in [-0.05, 0) is 6.07 Å². The molecule has 1 aromatic heterocycles. The van der Waals surface area contributed by atoms with Gasteiger partial charge < -0.3 is 4.74 Å². The van der Waals surface area contributed by atoms with Crippen LogP contribution in [0.3, 0.4) is 0 Å². The number of halogens is 1. The van der Waals surface area contributed by atoms with Gasteiger partial charge >= 0.3 is 0 Å². The lowest BCUT2D eigenvalue weighted by molar-refractivity contribution is 0.387. The molecule has 0 aliphatic heterocycles. The summed E-state index contributed by atoms with van der Waals surface area (Å²) in [6.07, 6.45) is 1.14. The highest BCUT2D eigenvalue weighted by Gasteiger charge is 2.06. The highest BCUT2D eigenvalue weighted by atomic mass is 19.1. The van der Waals surface area contributed by atoms with Crippen LogP contribution in [-0.2, 0) is 0 Å². The summed E-state index contributed by atoms with van der Waals surface area (Å²) in [5, 5.41) is 6.46. The average molecular weight is 194 g/mol. The van der Waals surface area contributed by atoms with Gasteiger partial charge in [0.25, 0.3) is 0 Å². The number of hydrogen-bond donors (Lipinski definition) is 1. The van der Waals surface area contributed by atoms with Gasteiger partial charge in [-0.25, -0.2) is 4.39 Å². The first-order valence-corrected chi connectivity index (χ1v) is 3.93. The molecule has 0 radical (unpaired) electrons. The Labute approximate surface area is 78.3 Å². The van der Waals surface area contributed by atoms with Crippen molar-refractivity contribution < 1.29 is 9.13 Å². The third-order valence-electron chi connectivity index (χ3n) is 1.92. The van der Waals surface area contributed by atoms with Crippen LogP contribution in [-0.4, -0.2) is 17.3 Å². The third kappa shape index (κ3) is 1.22. The lowest BCUT2D eigenvalue weighted by Gasteiger charge is -2.02. The van der Waals surface area contributed by atoms with Crippen molar-refractivity contribution in [3.63, 3.8) is 0 Å². The van der Waals surface area contributed by atoms with Gasteiger partial charge in [0, 0.05) is 6.07 Å². The molecule has 0 saturated carbocycles. The first-order valence-electron chi connectivity index (χ1n) is 3.93. The number of aromatic nitrogens is 2. The van der Waals surface area contributed by atoms with Gasteiger partial charge in [-0.3, -0.25) is 9.89 Å². The van der Waals surface area contributed by atoms with Gasteiger partial charge in [-0.2, -0.15) is 5.10 Å². The van der Waals surface area contributed by atoms with E-state index in [4.69, 9.17) is 4.74 Å². The largest absolute Gasteiger partial charge is 0.494 e. The minimum Gasteiger partial charge on any atom is -0.494 e. The minimum absolute atomic E-state index is 0.0502. The van der Waals surface area contributed by atoms with Crippen molar-refractivity contribution >= 4 is 10.9 Å². The van der Waals surface area contributed by atoms with E-state index in [1.807, 2.05) is 0 Å². The Morgan fingerprint density at radius 1 is 1.50 bits per heavy atom. The Kier molecular flexibility index (Phi) is 1.92. The van der Waals surface area contributed by atoms with Crippen molar-refractivity contribution in [2.75, 3.05) is 7.11 Å². The first kappa shape index (κ1) is 8.68. The van der Waals surface area contributed by atoms with Crippen molar-refractivity contribution in [1.29, 1.82) is 0 Å². The van der Waals surface area contributed by atoms with E-state index in [-0.39, 0.29) is 11.2 Å². The van der Waals surface area contributed by atoms with Gasteiger partial charge in [0.1, 0.15) is 0 Å². The molecular weight excluding hydrogens is 187 g/mol.